The number of carbonyl (C=O) groups is 1. The van der Waals surface area contributed by atoms with Crippen LogP contribution in [0.15, 0.2) is 18.2 Å². The molecule has 1 aromatic rings. The minimum atomic E-state index is -0.833. The smallest absolute Gasteiger partial charge is 0.237 e. The lowest BCUT2D eigenvalue weighted by molar-refractivity contribution is -0.529. The summed E-state index contributed by atoms with van der Waals surface area (Å²) in [6.07, 6.45) is 0.396. The molecule has 1 amide bonds. The minimum Gasteiger partial charge on any atom is -0.343 e. The van der Waals surface area contributed by atoms with E-state index in [1.807, 2.05) is 0 Å². The van der Waals surface area contributed by atoms with Gasteiger partial charge in [-0.2, -0.15) is 0 Å². The van der Waals surface area contributed by atoms with Gasteiger partial charge in [-0.05, 0) is 17.7 Å². The van der Waals surface area contributed by atoms with Gasteiger partial charge in [0.15, 0.2) is 0 Å². The Balaban J connectivity index is 2.34. The Bertz CT molecular complexity index is 507. The van der Waals surface area contributed by atoms with E-state index >= 15 is 0 Å². The maximum atomic E-state index is 11.4. The fourth-order valence-corrected chi connectivity index (χ4v) is 2.33. The summed E-state index contributed by atoms with van der Waals surface area (Å²) in [6.45, 7) is 0. The highest BCUT2D eigenvalue weighted by atomic mass is 35.5. The molecule has 7 heteroatoms. The second-order valence-corrected chi connectivity index (χ2v) is 4.92. The molecule has 0 unspecified atom stereocenters. The monoisotopic (exact) mass is 288 g/mol. The molecule has 0 spiro atoms. The van der Waals surface area contributed by atoms with Crippen molar-refractivity contribution in [1.82, 2.24) is 5.32 Å². The average molecular weight is 289 g/mol. The summed E-state index contributed by atoms with van der Waals surface area (Å²) in [4.78, 5) is 22.0. The number of nitrogens with one attached hydrogen (secondary N) is 1. The fourth-order valence-electron chi connectivity index (χ4n) is 2.03. The summed E-state index contributed by atoms with van der Waals surface area (Å²) < 4.78 is 0. The van der Waals surface area contributed by atoms with Crippen molar-refractivity contribution in [3.63, 3.8) is 0 Å². The molecule has 1 N–H and O–H groups in total. The zero-order valence-corrected chi connectivity index (χ0v) is 10.7. The van der Waals surface area contributed by atoms with Crippen LogP contribution < -0.4 is 5.32 Å². The quantitative estimate of drug-likeness (QED) is 0.671. The number of hydrogen-bond donors (Lipinski definition) is 1. The highest BCUT2D eigenvalue weighted by Crippen LogP contribution is 2.30. The number of halogens is 2. The minimum absolute atomic E-state index is 0.170. The number of benzene rings is 1. The molecule has 0 aromatic heterocycles. The number of carbonyl (C=O) groups excluding carboxylic acids is 1. The van der Waals surface area contributed by atoms with Crippen molar-refractivity contribution in [3.8, 4) is 0 Å². The van der Waals surface area contributed by atoms with E-state index in [1.165, 1.54) is 0 Å². The Labute approximate surface area is 113 Å². The van der Waals surface area contributed by atoms with Crippen LogP contribution in [0.1, 0.15) is 24.4 Å². The van der Waals surface area contributed by atoms with Crippen LogP contribution in [0.4, 0.5) is 0 Å². The third-order valence-corrected chi connectivity index (χ3v) is 3.68. The predicted octanol–water partition coefficient (Wildman–Crippen LogP) is 2.59. The first-order chi connectivity index (χ1) is 8.49. The lowest BCUT2D eigenvalue weighted by Gasteiger charge is -2.26. The van der Waals surface area contributed by atoms with E-state index in [4.69, 9.17) is 23.2 Å². The molecule has 1 aliphatic rings. The first-order valence-corrected chi connectivity index (χ1v) is 6.12. The zero-order valence-electron chi connectivity index (χ0n) is 9.23. The lowest BCUT2D eigenvalue weighted by Crippen LogP contribution is -2.45. The third kappa shape index (κ3) is 2.57. The molecule has 18 heavy (non-hydrogen) atoms. The van der Waals surface area contributed by atoms with Gasteiger partial charge in [0.05, 0.1) is 10.0 Å². The topological polar surface area (TPSA) is 72.2 Å². The lowest BCUT2D eigenvalue weighted by atomic mass is 9.92. The van der Waals surface area contributed by atoms with E-state index in [-0.39, 0.29) is 23.7 Å². The maximum absolute atomic E-state index is 11.4. The molecule has 1 fully saturated rings. The molecule has 1 aliphatic heterocycles. The van der Waals surface area contributed by atoms with Gasteiger partial charge in [0.2, 0.25) is 11.9 Å². The number of nitro groups is 1. The maximum Gasteiger partial charge on any atom is 0.237 e. The summed E-state index contributed by atoms with van der Waals surface area (Å²) in [5.41, 5.74) is 0.596. The Morgan fingerprint density at radius 3 is 2.67 bits per heavy atom. The Kier molecular flexibility index (Phi) is 3.73. The molecule has 0 bridgehead atoms. The number of nitrogens with zero attached hydrogens (tertiary/aromatic N) is 1. The fraction of sp³-hybridized carbons (Fsp3) is 0.364. The number of rotatable bonds is 2. The van der Waals surface area contributed by atoms with Gasteiger partial charge < -0.3 is 5.32 Å². The van der Waals surface area contributed by atoms with Crippen LogP contribution in [0.5, 0.6) is 0 Å². The van der Waals surface area contributed by atoms with Crippen molar-refractivity contribution >= 4 is 29.1 Å². The molecular formula is C11H10Cl2N2O3. The van der Waals surface area contributed by atoms with Crippen LogP contribution in [0, 0.1) is 10.1 Å². The van der Waals surface area contributed by atoms with Crippen molar-refractivity contribution < 1.29 is 9.72 Å². The summed E-state index contributed by atoms with van der Waals surface area (Å²) in [5, 5.41) is 14.3. The highest BCUT2D eigenvalue weighted by Gasteiger charge is 2.38. The van der Waals surface area contributed by atoms with Gasteiger partial charge >= 0.3 is 0 Å². The van der Waals surface area contributed by atoms with Crippen LogP contribution in [-0.4, -0.2) is 16.9 Å². The highest BCUT2D eigenvalue weighted by molar-refractivity contribution is 6.42. The van der Waals surface area contributed by atoms with Gasteiger partial charge in [0.25, 0.3) is 0 Å². The van der Waals surface area contributed by atoms with Gasteiger partial charge in [0.1, 0.15) is 6.04 Å². The van der Waals surface area contributed by atoms with E-state index in [1.54, 1.807) is 18.2 Å². The molecule has 1 heterocycles. The second kappa shape index (κ2) is 5.12. The third-order valence-electron chi connectivity index (χ3n) is 2.94. The predicted molar refractivity (Wildman–Crippen MR) is 67.4 cm³/mol. The van der Waals surface area contributed by atoms with Crippen molar-refractivity contribution in [2.24, 2.45) is 0 Å². The van der Waals surface area contributed by atoms with Crippen LogP contribution in [-0.2, 0) is 4.79 Å². The SMILES string of the molecule is O=C1CC[C@H]([N+](=O)[O-])[C@H](c2ccc(Cl)c(Cl)c2)N1. The average Bonchev–Trinajstić information content (AvgIpc) is 2.32. The van der Waals surface area contributed by atoms with E-state index in [0.717, 1.165) is 0 Å². The summed E-state index contributed by atoms with van der Waals surface area (Å²) in [7, 11) is 0. The summed E-state index contributed by atoms with van der Waals surface area (Å²) in [6, 6.07) is 3.27. The first kappa shape index (κ1) is 13.1. The first-order valence-electron chi connectivity index (χ1n) is 5.37. The van der Waals surface area contributed by atoms with Crippen molar-refractivity contribution in [2.75, 3.05) is 0 Å². The van der Waals surface area contributed by atoms with Gasteiger partial charge in [-0.15, -0.1) is 0 Å². The molecule has 96 valence electrons. The zero-order chi connectivity index (χ0) is 13.3. The Morgan fingerprint density at radius 1 is 1.33 bits per heavy atom. The van der Waals surface area contributed by atoms with Crippen molar-refractivity contribution in [1.29, 1.82) is 0 Å². The molecule has 0 radical (unpaired) electrons. The van der Waals surface area contributed by atoms with E-state index in [2.05, 4.69) is 5.32 Å². The van der Waals surface area contributed by atoms with Gasteiger partial charge in [-0.3, -0.25) is 14.9 Å². The molecule has 0 aliphatic carbocycles. The van der Waals surface area contributed by atoms with Crippen LogP contribution in [0.2, 0.25) is 10.0 Å². The van der Waals surface area contributed by atoms with Crippen LogP contribution >= 0.6 is 23.2 Å². The molecule has 5 nitrogen and oxygen atoms in total. The van der Waals surface area contributed by atoms with E-state index in [9.17, 15) is 14.9 Å². The summed E-state index contributed by atoms with van der Waals surface area (Å²) >= 11 is 11.7. The number of hydrogen-bond acceptors (Lipinski definition) is 3. The largest absolute Gasteiger partial charge is 0.343 e. The van der Waals surface area contributed by atoms with Crippen molar-refractivity contribution in [2.45, 2.75) is 24.9 Å². The number of amides is 1. The molecular weight excluding hydrogens is 279 g/mol. The van der Waals surface area contributed by atoms with Gasteiger partial charge in [-0.25, -0.2) is 0 Å². The van der Waals surface area contributed by atoms with Gasteiger partial charge in [-0.1, -0.05) is 29.3 Å². The molecule has 2 rings (SSSR count). The Morgan fingerprint density at radius 2 is 2.06 bits per heavy atom. The normalized spacial score (nSPS) is 23.6. The molecule has 0 saturated carbocycles. The second-order valence-electron chi connectivity index (χ2n) is 4.11. The molecule has 1 saturated heterocycles. The van der Waals surface area contributed by atoms with E-state index in [0.29, 0.717) is 15.6 Å². The van der Waals surface area contributed by atoms with E-state index < -0.39 is 12.1 Å². The standard InChI is InChI=1S/C11H10Cl2N2O3/c12-7-2-1-6(5-8(7)13)11-9(15(17)18)3-4-10(16)14-11/h1-2,5,9,11H,3-4H2,(H,14,16)/t9-,11-/m0/s1. The molecule has 2 atom stereocenters. The van der Waals surface area contributed by atoms with Crippen LogP contribution in [0.25, 0.3) is 0 Å². The number of piperidine rings is 1. The summed E-state index contributed by atoms with van der Waals surface area (Å²) in [5.74, 6) is -0.191. The van der Waals surface area contributed by atoms with Crippen molar-refractivity contribution in [3.05, 3.63) is 43.9 Å². The van der Waals surface area contributed by atoms with Gasteiger partial charge in [0, 0.05) is 17.8 Å². The Hall–Kier alpha value is -1.33. The van der Waals surface area contributed by atoms with Crippen LogP contribution in [0.3, 0.4) is 0 Å². The molecule has 1 aromatic carbocycles.